The Bertz CT molecular complexity index is 603. The van der Waals surface area contributed by atoms with Crippen LogP contribution in [0.15, 0.2) is 35.6 Å². The van der Waals surface area contributed by atoms with Crippen LogP contribution in [0.5, 0.6) is 0 Å². The summed E-state index contributed by atoms with van der Waals surface area (Å²) >= 11 is 0. The van der Waals surface area contributed by atoms with Crippen LogP contribution < -0.4 is 10.5 Å². The van der Waals surface area contributed by atoms with Gasteiger partial charge in [0.1, 0.15) is 0 Å². The van der Waals surface area contributed by atoms with Crippen molar-refractivity contribution in [3.8, 4) is 0 Å². The van der Waals surface area contributed by atoms with Crippen LogP contribution in [0, 0.1) is 0 Å². The van der Waals surface area contributed by atoms with E-state index in [-0.39, 0.29) is 11.4 Å². The maximum atomic E-state index is 11.9. The molecular weight excluding hydrogens is 266 g/mol. The lowest BCUT2D eigenvalue weighted by molar-refractivity contribution is 0.553. The molecule has 2 heterocycles. The van der Waals surface area contributed by atoms with Crippen LogP contribution in [-0.4, -0.2) is 29.7 Å². The summed E-state index contributed by atoms with van der Waals surface area (Å²) in [6, 6.07) is 3.37. The molecule has 0 aliphatic rings. The summed E-state index contributed by atoms with van der Waals surface area (Å²) in [4.78, 5) is 3.03. The second-order valence-electron chi connectivity index (χ2n) is 4.09. The largest absolute Gasteiger partial charge is 0.363 e. The molecular formula is C11H17N5O2S. The molecule has 4 N–H and O–H groups in total. The lowest BCUT2D eigenvalue weighted by Crippen LogP contribution is -2.25. The van der Waals surface area contributed by atoms with Gasteiger partial charge in [-0.1, -0.05) is 0 Å². The predicted molar refractivity (Wildman–Crippen MR) is 70.7 cm³/mol. The monoisotopic (exact) mass is 283 g/mol. The third-order valence-corrected chi connectivity index (χ3v) is 4.10. The molecule has 0 radical (unpaired) electrons. The van der Waals surface area contributed by atoms with Crippen LogP contribution in [0.2, 0.25) is 0 Å². The highest BCUT2D eigenvalue weighted by atomic mass is 32.2. The van der Waals surface area contributed by atoms with Gasteiger partial charge in [-0.25, -0.2) is 13.1 Å². The van der Waals surface area contributed by atoms with Crippen LogP contribution in [0.1, 0.15) is 12.1 Å². The maximum Gasteiger partial charge on any atom is 0.242 e. The number of nitrogens with one attached hydrogen (secondary N) is 2. The molecule has 0 atom stereocenters. The standard InChI is InChI=1S/C11H17N5O2S/c12-8-10-7-11(9-13-10)19(17,18)15-4-2-6-16-5-1-3-14-16/h1,3,5,7,9,13,15H,2,4,6,8,12H2. The Balaban J connectivity index is 1.84. The highest BCUT2D eigenvalue weighted by Gasteiger charge is 2.14. The van der Waals surface area contributed by atoms with Gasteiger partial charge in [0.2, 0.25) is 10.0 Å². The molecule has 8 heteroatoms. The fourth-order valence-corrected chi connectivity index (χ4v) is 2.75. The zero-order valence-electron chi connectivity index (χ0n) is 10.4. The maximum absolute atomic E-state index is 11.9. The van der Waals surface area contributed by atoms with Crippen molar-refractivity contribution in [2.75, 3.05) is 6.54 Å². The van der Waals surface area contributed by atoms with Crippen molar-refractivity contribution in [2.24, 2.45) is 5.73 Å². The summed E-state index contributed by atoms with van der Waals surface area (Å²) in [5.41, 5.74) is 6.12. The average molecular weight is 283 g/mol. The van der Waals surface area contributed by atoms with Gasteiger partial charge in [0.05, 0.1) is 4.90 Å². The molecule has 0 aromatic carbocycles. The molecule has 0 saturated heterocycles. The van der Waals surface area contributed by atoms with Crippen molar-refractivity contribution in [1.82, 2.24) is 19.5 Å². The van der Waals surface area contributed by atoms with Gasteiger partial charge in [-0.2, -0.15) is 5.10 Å². The van der Waals surface area contributed by atoms with Gasteiger partial charge < -0.3 is 10.7 Å². The number of nitrogens with zero attached hydrogens (tertiary/aromatic N) is 2. The first-order valence-electron chi connectivity index (χ1n) is 5.96. The summed E-state index contributed by atoms with van der Waals surface area (Å²) in [5.74, 6) is 0. The minimum Gasteiger partial charge on any atom is -0.363 e. The topological polar surface area (TPSA) is 106 Å². The zero-order chi connectivity index (χ0) is 13.7. The molecule has 0 saturated carbocycles. The normalized spacial score (nSPS) is 11.8. The number of nitrogens with two attached hydrogens (primary N) is 1. The van der Waals surface area contributed by atoms with Crippen LogP contribution in [0.4, 0.5) is 0 Å². The molecule has 0 aliphatic heterocycles. The molecule has 2 rings (SSSR count). The molecule has 104 valence electrons. The minimum atomic E-state index is -3.46. The highest BCUT2D eigenvalue weighted by molar-refractivity contribution is 7.89. The van der Waals surface area contributed by atoms with E-state index in [1.54, 1.807) is 10.9 Å². The van der Waals surface area contributed by atoms with E-state index in [9.17, 15) is 8.42 Å². The Kier molecular flexibility index (Phi) is 4.35. The van der Waals surface area contributed by atoms with E-state index >= 15 is 0 Å². The number of aryl methyl sites for hydroxylation is 1. The van der Waals surface area contributed by atoms with Gasteiger partial charge in [-0.3, -0.25) is 4.68 Å². The Hall–Kier alpha value is -1.64. The van der Waals surface area contributed by atoms with Crippen LogP contribution in [-0.2, 0) is 23.1 Å². The molecule has 2 aromatic heterocycles. The van der Waals surface area contributed by atoms with Gasteiger partial charge in [0.25, 0.3) is 0 Å². The summed E-state index contributed by atoms with van der Waals surface area (Å²) in [6.07, 6.45) is 5.65. The van der Waals surface area contributed by atoms with Crippen LogP contribution in [0.3, 0.4) is 0 Å². The quantitative estimate of drug-likeness (QED) is 0.624. The molecule has 0 bridgehead atoms. The number of aromatic amines is 1. The molecule has 0 spiro atoms. The highest BCUT2D eigenvalue weighted by Crippen LogP contribution is 2.09. The first kappa shape index (κ1) is 13.8. The van der Waals surface area contributed by atoms with Gasteiger partial charge >= 0.3 is 0 Å². The Morgan fingerprint density at radius 3 is 2.95 bits per heavy atom. The molecule has 7 nitrogen and oxygen atoms in total. The molecule has 19 heavy (non-hydrogen) atoms. The Morgan fingerprint density at radius 1 is 1.47 bits per heavy atom. The van der Waals surface area contributed by atoms with Crippen LogP contribution >= 0.6 is 0 Å². The van der Waals surface area contributed by atoms with E-state index in [0.717, 1.165) is 0 Å². The lowest BCUT2D eigenvalue weighted by atomic mass is 10.4. The van der Waals surface area contributed by atoms with E-state index in [4.69, 9.17) is 5.73 Å². The second-order valence-corrected chi connectivity index (χ2v) is 5.85. The summed E-state index contributed by atoms with van der Waals surface area (Å²) in [7, 11) is -3.46. The second kappa shape index (κ2) is 6.00. The molecule has 0 aliphatic carbocycles. The lowest BCUT2D eigenvalue weighted by Gasteiger charge is -2.05. The third kappa shape index (κ3) is 3.66. The third-order valence-electron chi connectivity index (χ3n) is 2.66. The SMILES string of the molecule is NCc1cc(S(=O)(=O)NCCCn2cccn2)c[nH]1. The minimum absolute atomic E-state index is 0.215. The molecule has 0 unspecified atom stereocenters. The van der Waals surface area contributed by atoms with Crippen molar-refractivity contribution >= 4 is 10.0 Å². The number of sulfonamides is 1. The fraction of sp³-hybridized carbons (Fsp3) is 0.364. The fourth-order valence-electron chi connectivity index (χ4n) is 1.66. The van der Waals surface area contributed by atoms with Crippen molar-refractivity contribution in [3.05, 3.63) is 36.4 Å². The van der Waals surface area contributed by atoms with E-state index < -0.39 is 10.0 Å². The first-order valence-corrected chi connectivity index (χ1v) is 7.44. The Labute approximate surface area is 111 Å². The number of H-pyrrole nitrogens is 1. The van der Waals surface area contributed by atoms with Gasteiger partial charge in [0.15, 0.2) is 0 Å². The van der Waals surface area contributed by atoms with E-state index in [1.807, 2.05) is 12.3 Å². The van der Waals surface area contributed by atoms with Crippen molar-refractivity contribution in [2.45, 2.75) is 24.4 Å². The zero-order valence-corrected chi connectivity index (χ0v) is 11.2. The average Bonchev–Trinajstić information content (AvgIpc) is 3.05. The number of hydrogen-bond donors (Lipinski definition) is 3. The van der Waals surface area contributed by atoms with E-state index in [2.05, 4.69) is 14.8 Å². The Morgan fingerprint density at radius 2 is 2.32 bits per heavy atom. The first-order chi connectivity index (χ1) is 9.12. The number of aromatic nitrogens is 3. The summed E-state index contributed by atoms with van der Waals surface area (Å²) < 4.78 is 28.2. The summed E-state index contributed by atoms with van der Waals surface area (Å²) in [5, 5.41) is 4.04. The number of rotatable bonds is 7. The smallest absolute Gasteiger partial charge is 0.242 e. The molecule has 2 aromatic rings. The van der Waals surface area contributed by atoms with Crippen molar-refractivity contribution in [1.29, 1.82) is 0 Å². The van der Waals surface area contributed by atoms with E-state index in [1.165, 1.54) is 12.3 Å². The van der Waals surface area contributed by atoms with Gasteiger partial charge in [0, 0.05) is 43.9 Å². The molecule has 0 fully saturated rings. The van der Waals surface area contributed by atoms with E-state index in [0.29, 0.717) is 25.2 Å². The van der Waals surface area contributed by atoms with Crippen molar-refractivity contribution < 1.29 is 8.42 Å². The van der Waals surface area contributed by atoms with Crippen LogP contribution in [0.25, 0.3) is 0 Å². The van der Waals surface area contributed by atoms with Crippen molar-refractivity contribution in [3.63, 3.8) is 0 Å². The van der Waals surface area contributed by atoms with Gasteiger partial charge in [-0.15, -0.1) is 0 Å². The summed E-state index contributed by atoms with van der Waals surface area (Å²) in [6.45, 7) is 1.33. The van der Waals surface area contributed by atoms with Gasteiger partial charge in [-0.05, 0) is 18.6 Å². The molecule has 0 amide bonds. The predicted octanol–water partition coefficient (Wildman–Crippen LogP) is 0.0385. The number of hydrogen-bond acceptors (Lipinski definition) is 4.